The van der Waals surface area contributed by atoms with Crippen molar-refractivity contribution >= 4 is 5.91 Å². The topological polar surface area (TPSA) is 95.1 Å². The molecule has 7 nitrogen and oxygen atoms in total. The van der Waals surface area contributed by atoms with Gasteiger partial charge < -0.3 is 10.3 Å². The Kier molecular flexibility index (Phi) is 3.47. The third-order valence-corrected chi connectivity index (χ3v) is 2.48. The van der Waals surface area contributed by atoms with E-state index in [0.717, 1.165) is 31.0 Å². The van der Waals surface area contributed by atoms with Gasteiger partial charge in [0, 0.05) is 13.0 Å². The molecule has 0 bridgehead atoms. The van der Waals surface area contributed by atoms with Gasteiger partial charge >= 0.3 is 0 Å². The number of carbonyl (C=O) groups excluding carboxylic acids is 1. The zero-order valence-corrected chi connectivity index (χ0v) is 8.98. The van der Waals surface area contributed by atoms with Gasteiger partial charge in [0.2, 0.25) is 5.91 Å². The average molecular weight is 225 g/mol. The van der Waals surface area contributed by atoms with Crippen molar-refractivity contribution in [3.63, 3.8) is 0 Å². The lowest BCUT2D eigenvalue weighted by molar-refractivity contribution is -0.125. The highest BCUT2D eigenvalue weighted by Gasteiger charge is 2.15. The summed E-state index contributed by atoms with van der Waals surface area (Å²) in [5, 5.41) is 8.17. The predicted octanol–water partition coefficient (Wildman–Crippen LogP) is -0.879. The highest BCUT2D eigenvalue weighted by molar-refractivity contribution is 5.74. The van der Waals surface area contributed by atoms with E-state index in [4.69, 9.17) is 10.6 Å². The van der Waals surface area contributed by atoms with Gasteiger partial charge in [0.1, 0.15) is 18.3 Å². The van der Waals surface area contributed by atoms with E-state index in [9.17, 15) is 4.79 Å². The van der Waals surface area contributed by atoms with Crippen LogP contribution < -0.4 is 11.2 Å². The van der Waals surface area contributed by atoms with Gasteiger partial charge in [0.05, 0.1) is 6.54 Å². The minimum atomic E-state index is -0.504. The van der Waals surface area contributed by atoms with E-state index < -0.39 is 5.91 Å². The van der Waals surface area contributed by atoms with Gasteiger partial charge in [-0.05, 0) is 12.8 Å². The number of nitrogens with zero attached hydrogens (tertiary/aromatic N) is 3. The first-order valence-electron chi connectivity index (χ1n) is 5.31. The summed E-state index contributed by atoms with van der Waals surface area (Å²) in [5.41, 5.74) is 7.57. The van der Waals surface area contributed by atoms with E-state index in [0.29, 0.717) is 6.54 Å². The summed E-state index contributed by atoms with van der Waals surface area (Å²) >= 11 is 0. The molecule has 3 N–H and O–H groups in total. The Morgan fingerprint density at radius 1 is 1.50 bits per heavy atom. The first-order valence-corrected chi connectivity index (χ1v) is 5.31. The van der Waals surface area contributed by atoms with Gasteiger partial charge in [-0.1, -0.05) is 0 Å². The summed E-state index contributed by atoms with van der Waals surface area (Å²) < 4.78 is 2.09. The number of hydrogen-bond donors (Lipinski definition) is 2. The third kappa shape index (κ3) is 2.56. The zero-order chi connectivity index (χ0) is 11.4. The summed E-state index contributed by atoms with van der Waals surface area (Å²) in [4.78, 5) is 15.3. The summed E-state index contributed by atoms with van der Waals surface area (Å²) in [6.45, 7) is 1.25. The Labute approximate surface area is 92.9 Å². The molecule has 1 aromatic heterocycles. The van der Waals surface area contributed by atoms with Crippen LogP contribution >= 0.6 is 0 Å². The highest BCUT2D eigenvalue weighted by atomic mass is 16.6. The van der Waals surface area contributed by atoms with Crippen molar-refractivity contribution < 1.29 is 9.63 Å². The number of amides is 1. The molecule has 0 atom stereocenters. The van der Waals surface area contributed by atoms with E-state index in [1.165, 1.54) is 6.42 Å². The molecule has 0 unspecified atom stereocenters. The van der Waals surface area contributed by atoms with E-state index in [1.54, 1.807) is 0 Å². The second-order valence-corrected chi connectivity index (χ2v) is 3.72. The van der Waals surface area contributed by atoms with Crippen LogP contribution in [0.25, 0.3) is 0 Å². The fourth-order valence-corrected chi connectivity index (χ4v) is 1.74. The van der Waals surface area contributed by atoms with Crippen molar-refractivity contribution in [1.29, 1.82) is 0 Å². The van der Waals surface area contributed by atoms with Crippen LogP contribution in [-0.2, 0) is 29.1 Å². The monoisotopic (exact) mass is 225 g/mol. The molecule has 0 spiro atoms. The molecule has 1 aliphatic rings. The van der Waals surface area contributed by atoms with Gasteiger partial charge in [-0.15, -0.1) is 10.2 Å². The Bertz CT molecular complexity index is 376. The number of primary amides is 1. The van der Waals surface area contributed by atoms with Gasteiger partial charge in [-0.25, -0.2) is 0 Å². The lowest BCUT2D eigenvalue weighted by Crippen LogP contribution is -2.26. The Hall–Kier alpha value is -1.47. The number of rotatable bonds is 5. The second-order valence-electron chi connectivity index (χ2n) is 3.72. The van der Waals surface area contributed by atoms with Crippen molar-refractivity contribution in [1.82, 2.24) is 20.2 Å². The maximum absolute atomic E-state index is 10.4. The number of aromatic nitrogens is 3. The van der Waals surface area contributed by atoms with E-state index >= 15 is 0 Å². The van der Waals surface area contributed by atoms with Gasteiger partial charge in [-0.2, -0.15) is 5.48 Å². The SMILES string of the molecule is NC(=O)CONCc1nnc2n1CCCC2. The van der Waals surface area contributed by atoms with Crippen LogP contribution in [0.4, 0.5) is 0 Å². The number of hydrogen-bond acceptors (Lipinski definition) is 5. The molecule has 2 heterocycles. The fourth-order valence-electron chi connectivity index (χ4n) is 1.74. The fraction of sp³-hybridized carbons (Fsp3) is 0.667. The Morgan fingerprint density at radius 2 is 2.38 bits per heavy atom. The molecule has 1 aliphatic heterocycles. The van der Waals surface area contributed by atoms with Crippen LogP contribution in [0.2, 0.25) is 0 Å². The molecule has 88 valence electrons. The van der Waals surface area contributed by atoms with Gasteiger partial charge in [-0.3, -0.25) is 9.63 Å². The zero-order valence-electron chi connectivity index (χ0n) is 8.98. The van der Waals surface area contributed by atoms with Crippen LogP contribution in [0.1, 0.15) is 24.5 Å². The molecule has 16 heavy (non-hydrogen) atoms. The second kappa shape index (κ2) is 5.04. The minimum absolute atomic E-state index is 0.138. The lowest BCUT2D eigenvalue weighted by atomic mass is 10.2. The third-order valence-electron chi connectivity index (χ3n) is 2.48. The molecule has 0 saturated carbocycles. The molecular weight excluding hydrogens is 210 g/mol. The largest absolute Gasteiger partial charge is 0.368 e. The van der Waals surface area contributed by atoms with Crippen LogP contribution in [0.15, 0.2) is 0 Å². The predicted molar refractivity (Wildman–Crippen MR) is 54.9 cm³/mol. The number of aryl methyl sites for hydroxylation is 1. The smallest absolute Gasteiger partial charge is 0.245 e. The number of nitrogens with one attached hydrogen (secondary N) is 1. The van der Waals surface area contributed by atoms with Crippen molar-refractivity contribution in [2.45, 2.75) is 32.4 Å². The van der Waals surface area contributed by atoms with E-state index in [1.807, 2.05) is 0 Å². The molecule has 0 saturated heterocycles. The molecule has 7 heteroatoms. The van der Waals surface area contributed by atoms with Crippen LogP contribution in [0.3, 0.4) is 0 Å². The van der Waals surface area contributed by atoms with Gasteiger partial charge in [0.15, 0.2) is 0 Å². The van der Waals surface area contributed by atoms with Gasteiger partial charge in [0.25, 0.3) is 0 Å². The Morgan fingerprint density at radius 3 is 3.19 bits per heavy atom. The molecule has 0 aliphatic carbocycles. The first kappa shape index (κ1) is 11.0. The standard InChI is InChI=1S/C9H15N5O2/c10-7(15)6-16-11-5-9-13-12-8-3-1-2-4-14(8)9/h11H,1-6H2,(H2,10,15). The quantitative estimate of drug-likeness (QED) is 0.501. The lowest BCUT2D eigenvalue weighted by Gasteiger charge is -2.14. The van der Waals surface area contributed by atoms with E-state index in [-0.39, 0.29) is 6.61 Å². The summed E-state index contributed by atoms with van der Waals surface area (Å²) in [5.74, 6) is 1.35. The molecule has 0 aromatic carbocycles. The number of fused-ring (bicyclic) bond motifs is 1. The maximum atomic E-state index is 10.4. The highest BCUT2D eigenvalue weighted by Crippen LogP contribution is 2.13. The normalized spacial score (nSPS) is 14.8. The number of nitrogens with two attached hydrogens (primary N) is 1. The van der Waals surface area contributed by atoms with Crippen molar-refractivity contribution in [3.05, 3.63) is 11.6 Å². The van der Waals surface area contributed by atoms with Crippen LogP contribution in [-0.4, -0.2) is 27.3 Å². The van der Waals surface area contributed by atoms with Crippen molar-refractivity contribution in [2.75, 3.05) is 6.61 Å². The molecular formula is C9H15N5O2. The van der Waals surface area contributed by atoms with Crippen LogP contribution in [0.5, 0.6) is 0 Å². The van der Waals surface area contributed by atoms with Crippen molar-refractivity contribution in [3.8, 4) is 0 Å². The van der Waals surface area contributed by atoms with Crippen LogP contribution in [0, 0.1) is 0 Å². The first-order chi connectivity index (χ1) is 7.77. The molecule has 2 rings (SSSR count). The van der Waals surface area contributed by atoms with Crippen molar-refractivity contribution in [2.24, 2.45) is 5.73 Å². The summed E-state index contributed by atoms with van der Waals surface area (Å²) in [6, 6.07) is 0. The molecule has 0 radical (unpaired) electrons. The maximum Gasteiger partial charge on any atom is 0.245 e. The molecule has 1 amide bonds. The Balaban J connectivity index is 1.85. The number of carbonyl (C=O) groups is 1. The molecule has 1 aromatic rings. The minimum Gasteiger partial charge on any atom is -0.368 e. The summed E-state index contributed by atoms with van der Waals surface area (Å²) in [6.07, 6.45) is 3.30. The number of hydroxylamine groups is 1. The molecule has 0 fully saturated rings. The van der Waals surface area contributed by atoms with E-state index in [2.05, 4.69) is 20.2 Å². The summed E-state index contributed by atoms with van der Waals surface area (Å²) in [7, 11) is 0. The average Bonchev–Trinajstić information content (AvgIpc) is 2.68.